The minimum absolute atomic E-state index is 0.108. The predicted molar refractivity (Wildman–Crippen MR) is 84.6 cm³/mol. The van der Waals surface area contributed by atoms with E-state index in [1.165, 1.54) is 6.07 Å². The molecule has 0 saturated carbocycles. The van der Waals surface area contributed by atoms with E-state index in [1.807, 2.05) is 30.3 Å². The number of carbonyl (C=O) groups excluding carboxylic acids is 1. The molecule has 1 amide bonds. The van der Waals surface area contributed by atoms with Crippen molar-refractivity contribution in [3.05, 3.63) is 63.8 Å². The second-order valence-electron chi connectivity index (χ2n) is 5.01. The number of carbonyl (C=O) groups is 1. The maximum atomic E-state index is 12.2. The number of benzene rings is 1. The van der Waals surface area contributed by atoms with Crippen LogP contribution in [0.1, 0.15) is 23.1 Å². The van der Waals surface area contributed by atoms with Crippen molar-refractivity contribution in [2.24, 2.45) is 0 Å². The van der Waals surface area contributed by atoms with Gasteiger partial charge in [-0.1, -0.05) is 30.3 Å². The molecular formula is C16H20N4O2. The third-order valence-corrected chi connectivity index (χ3v) is 3.26. The summed E-state index contributed by atoms with van der Waals surface area (Å²) < 4.78 is 0. The van der Waals surface area contributed by atoms with E-state index < -0.39 is 6.04 Å². The van der Waals surface area contributed by atoms with Crippen molar-refractivity contribution in [2.75, 3.05) is 13.6 Å². The highest BCUT2D eigenvalue weighted by Crippen LogP contribution is 2.11. The fourth-order valence-electron chi connectivity index (χ4n) is 2.26. The van der Waals surface area contributed by atoms with Crippen molar-refractivity contribution < 1.29 is 4.79 Å². The summed E-state index contributed by atoms with van der Waals surface area (Å²) in [7, 11) is 1.75. The van der Waals surface area contributed by atoms with Gasteiger partial charge in [-0.05, 0) is 19.5 Å². The third kappa shape index (κ3) is 4.26. The fraction of sp³-hybridized carbons (Fsp3) is 0.312. The van der Waals surface area contributed by atoms with Crippen molar-refractivity contribution >= 4 is 5.91 Å². The maximum absolute atomic E-state index is 12.2. The lowest BCUT2D eigenvalue weighted by molar-refractivity contribution is -0.123. The molecule has 2 aromatic rings. The number of nitrogens with zero attached hydrogens (tertiary/aromatic N) is 1. The molecule has 116 valence electrons. The zero-order chi connectivity index (χ0) is 15.9. The van der Waals surface area contributed by atoms with E-state index in [1.54, 1.807) is 14.0 Å². The summed E-state index contributed by atoms with van der Waals surface area (Å²) in [6, 6.07) is 10.6. The minimum Gasteiger partial charge on any atom is -0.354 e. The Balaban J connectivity index is 1.93. The first-order valence-corrected chi connectivity index (χ1v) is 7.17. The van der Waals surface area contributed by atoms with Gasteiger partial charge in [0.25, 0.3) is 5.56 Å². The molecule has 0 bridgehead atoms. The maximum Gasteiger partial charge on any atom is 0.251 e. The zero-order valence-corrected chi connectivity index (χ0v) is 12.7. The number of rotatable bonds is 6. The number of H-pyrrole nitrogens is 1. The normalized spacial score (nSPS) is 11.9. The fourth-order valence-corrected chi connectivity index (χ4v) is 2.26. The van der Waals surface area contributed by atoms with Crippen LogP contribution in [0, 0.1) is 6.92 Å². The van der Waals surface area contributed by atoms with Crippen molar-refractivity contribution in [3.63, 3.8) is 0 Å². The van der Waals surface area contributed by atoms with Gasteiger partial charge in [0.1, 0.15) is 11.9 Å². The lowest BCUT2D eigenvalue weighted by atomic mass is 10.1. The Hall–Kier alpha value is -2.47. The summed E-state index contributed by atoms with van der Waals surface area (Å²) in [4.78, 5) is 30.5. The molecule has 1 atom stereocenters. The smallest absolute Gasteiger partial charge is 0.251 e. The summed E-state index contributed by atoms with van der Waals surface area (Å²) in [5.74, 6) is 0.467. The van der Waals surface area contributed by atoms with Gasteiger partial charge >= 0.3 is 0 Å². The van der Waals surface area contributed by atoms with Crippen LogP contribution in [-0.2, 0) is 11.2 Å². The van der Waals surface area contributed by atoms with Gasteiger partial charge in [-0.3, -0.25) is 9.59 Å². The van der Waals surface area contributed by atoms with Gasteiger partial charge in [-0.2, -0.15) is 0 Å². The Morgan fingerprint density at radius 1 is 1.32 bits per heavy atom. The van der Waals surface area contributed by atoms with Crippen molar-refractivity contribution in [1.82, 2.24) is 20.6 Å². The summed E-state index contributed by atoms with van der Waals surface area (Å²) in [6.45, 7) is 2.18. The first kappa shape index (κ1) is 15.9. The highest BCUT2D eigenvalue weighted by atomic mass is 16.2. The van der Waals surface area contributed by atoms with E-state index in [2.05, 4.69) is 20.6 Å². The molecular weight excluding hydrogens is 280 g/mol. The SMILES string of the molecule is CN[C@H](C(=O)NCCc1nc(C)cc(=O)[nH]1)c1ccccc1. The van der Waals surface area contributed by atoms with Crippen LogP contribution >= 0.6 is 0 Å². The van der Waals surface area contributed by atoms with Crippen LogP contribution in [0.3, 0.4) is 0 Å². The summed E-state index contributed by atoms with van der Waals surface area (Å²) in [5, 5.41) is 5.86. The molecule has 0 radical (unpaired) electrons. The Labute approximate surface area is 129 Å². The average Bonchev–Trinajstić information content (AvgIpc) is 2.48. The number of aryl methyl sites for hydroxylation is 1. The van der Waals surface area contributed by atoms with E-state index in [9.17, 15) is 9.59 Å². The molecule has 1 aromatic carbocycles. The van der Waals surface area contributed by atoms with Crippen LogP contribution in [0.2, 0.25) is 0 Å². The number of nitrogens with one attached hydrogen (secondary N) is 3. The van der Waals surface area contributed by atoms with Gasteiger partial charge < -0.3 is 15.6 Å². The second-order valence-corrected chi connectivity index (χ2v) is 5.01. The Bertz CT molecular complexity index is 682. The number of amides is 1. The molecule has 0 fully saturated rings. The molecule has 6 nitrogen and oxygen atoms in total. The van der Waals surface area contributed by atoms with Gasteiger partial charge in [0.15, 0.2) is 0 Å². The molecule has 0 aliphatic rings. The molecule has 0 spiro atoms. The van der Waals surface area contributed by atoms with Gasteiger partial charge in [-0.15, -0.1) is 0 Å². The minimum atomic E-state index is -0.397. The summed E-state index contributed by atoms with van der Waals surface area (Å²) in [5.41, 5.74) is 1.40. The molecule has 6 heteroatoms. The van der Waals surface area contributed by atoms with Crippen LogP contribution < -0.4 is 16.2 Å². The van der Waals surface area contributed by atoms with Gasteiger partial charge in [0.05, 0.1) is 0 Å². The van der Waals surface area contributed by atoms with Gasteiger partial charge in [-0.25, -0.2) is 4.98 Å². The third-order valence-electron chi connectivity index (χ3n) is 3.26. The van der Waals surface area contributed by atoms with E-state index >= 15 is 0 Å². The number of aromatic amines is 1. The molecule has 0 aliphatic heterocycles. The summed E-state index contributed by atoms with van der Waals surface area (Å²) >= 11 is 0. The Morgan fingerprint density at radius 3 is 2.68 bits per heavy atom. The highest BCUT2D eigenvalue weighted by molar-refractivity contribution is 5.83. The van der Waals surface area contributed by atoms with Crippen LogP contribution in [0.15, 0.2) is 41.2 Å². The van der Waals surface area contributed by atoms with Crippen molar-refractivity contribution in [3.8, 4) is 0 Å². The molecule has 0 aliphatic carbocycles. The highest BCUT2D eigenvalue weighted by Gasteiger charge is 2.17. The van der Waals surface area contributed by atoms with Crippen molar-refractivity contribution in [1.29, 1.82) is 0 Å². The monoisotopic (exact) mass is 300 g/mol. The van der Waals surface area contributed by atoms with E-state index in [4.69, 9.17) is 0 Å². The van der Waals surface area contributed by atoms with Crippen LogP contribution in [-0.4, -0.2) is 29.5 Å². The molecule has 0 saturated heterocycles. The van der Waals surface area contributed by atoms with E-state index in [0.29, 0.717) is 24.5 Å². The quantitative estimate of drug-likeness (QED) is 0.733. The predicted octanol–water partition coefficient (Wildman–Crippen LogP) is 0.698. The lowest BCUT2D eigenvalue weighted by Gasteiger charge is -2.16. The van der Waals surface area contributed by atoms with Crippen LogP contribution in [0.5, 0.6) is 0 Å². The van der Waals surface area contributed by atoms with E-state index in [0.717, 1.165) is 5.56 Å². The molecule has 22 heavy (non-hydrogen) atoms. The molecule has 3 N–H and O–H groups in total. The van der Waals surface area contributed by atoms with Gasteiger partial charge in [0.2, 0.25) is 5.91 Å². The molecule has 1 heterocycles. The Kier molecular flexibility index (Phi) is 5.43. The lowest BCUT2D eigenvalue weighted by Crippen LogP contribution is -2.37. The summed E-state index contributed by atoms with van der Waals surface area (Å²) in [6.07, 6.45) is 0.480. The number of hydrogen-bond donors (Lipinski definition) is 3. The molecule has 1 aromatic heterocycles. The topological polar surface area (TPSA) is 86.9 Å². The molecule has 0 unspecified atom stereocenters. The largest absolute Gasteiger partial charge is 0.354 e. The number of hydrogen-bond acceptors (Lipinski definition) is 4. The average molecular weight is 300 g/mol. The van der Waals surface area contributed by atoms with Gasteiger partial charge in [0, 0.05) is 24.7 Å². The van der Waals surface area contributed by atoms with E-state index in [-0.39, 0.29) is 11.5 Å². The first-order valence-electron chi connectivity index (χ1n) is 7.17. The standard InChI is InChI=1S/C16H20N4O2/c1-11-10-14(21)20-13(19-11)8-9-18-16(22)15(17-2)12-6-4-3-5-7-12/h3-7,10,15,17H,8-9H2,1-2H3,(H,18,22)(H,19,20,21)/t15-/m0/s1. The first-order chi connectivity index (χ1) is 10.6. The Morgan fingerprint density at radius 2 is 2.05 bits per heavy atom. The zero-order valence-electron chi connectivity index (χ0n) is 12.7. The number of likely N-dealkylation sites (N-methyl/N-ethyl adjacent to an activating group) is 1. The van der Waals surface area contributed by atoms with Crippen molar-refractivity contribution in [2.45, 2.75) is 19.4 Å². The van der Waals surface area contributed by atoms with Crippen LogP contribution in [0.4, 0.5) is 0 Å². The second kappa shape index (κ2) is 7.51. The molecule has 2 rings (SSSR count). The van der Waals surface area contributed by atoms with Crippen LogP contribution in [0.25, 0.3) is 0 Å². The number of aromatic nitrogens is 2.